The highest BCUT2D eigenvalue weighted by molar-refractivity contribution is 6.04. The average molecular weight is 401 g/mol. The number of nitrogens with zero attached hydrogens (tertiary/aromatic N) is 6. The Kier molecular flexibility index (Phi) is 5.14. The lowest BCUT2D eigenvalue weighted by Crippen LogP contribution is -2.15. The Morgan fingerprint density at radius 2 is 1.83 bits per heavy atom. The van der Waals surface area contributed by atoms with Gasteiger partial charge in [-0.05, 0) is 32.9 Å². The van der Waals surface area contributed by atoms with Gasteiger partial charge in [0.25, 0.3) is 5.91 Å². The standard InChI is InChI=1S/C22H23N7O/c1-14(2)29-13-23-26-21(29)17-11-8-12-18(24-17)25-22(30)19-15(3)20(28(4)27-19)16-9-6-5-7-10-16/h5-14H,1-4H3,(H,24,25,30). The summed E-state index contributed by atoms with van der Waals surface area (Å²) in [4.78, 5) is 17.5. The number of hydrogen-bond acceptors (Lipinski definition) is 5. The highest BCUT2D eigenvalue weighted by Crippen LogP contribution is 2.26. The monoisotopic (exact) mass is 401 g/mol. The molecule has 0 aliphatic rings. The number of anilines is 1. The van der Waals surface area contributed by atoms with Crippen molar-refractivity contribution in [1.82, 2.24) is 29.5 Å². The molecule has 0 saturated heterocycles. The lowest BCUT2D eigenvalue weighted by atomic mass is 10.1. The molecule has 1 aromatic carbocycles. The molecule has 0 aliphatic carbocycles. The van der Waals surface area contributed by atoms with Crippen molar-refractivity contribution in [2.24, 2.45) is 7.05 Å². The zero-order chi connectivity index (χ0) is 21.3. The van der Waals surface area contributed by atoms with Crippen LogP contribution in [0.5, 0.6) is 0 Å². The zero-order valence-electron chi connectivity index (χ0n) is 17.4. The third-order valence-corrected chi connectivity index (χ3v) is 4.90. The van der Waals surface area contributed by atoms with Crippen LogP contribution >= 0.6 is 0 Å². The number of hydrogen-bond donors (Lipinski definition) is 1. The number of rotatable bonds is 5. The number of pyridine rings is 1. The van der Waals surface area contributed by atoms with Gasteiger partial charge < -0.3 is 9.88 Å². The van der Waals surface area contributed by atoms with Crippen LogP contribution in [0.3, 0.4) is 0 Å². The molecular formula is C22H23N7O. The molecule has 152 valence electrons. The minimum Gasteiger partial charge on any atom is -0.310 e. The van der Waals surface area contributed by atoms with Crippen LogP contribution in [-0.2, 0) is 7.05 Å². The highest BCUT2D eigenvalue weighted by Gasteiger charge is 2.20. The molecule has 0 saturated carbocycles. The Morgan fingerprint density at radius 1 is 1.07 bits per heavy atom. The van der Waals surface area contributed by atoms with Crippen LogP contribution in [0.2, 0.25) is 0 Å². The van der Waals surface area contributed by atoms with Crippen molar-refractivity contribution in [1.29, 1.82) is 0 Å². The van der Waals surface area contributed by atoms with E-state index in [1.807, 2.05) is 74.9 Å². The molecule has 3 heterocycles. The van der Waals surface area contributed by atoms with Crippen molar-refractivity contribution in [3.63, 3.8) is 0 Å². The summed E-state index contributed by atoms with van der Waals surface area (Å²) in [6.07, 6.45) is 1.68. The second-order valence-corrected chi connectivity index (χ2v) is 7.33. The predicted molar refractivity (Wildman–Crippen MR) is 115 cm³/mol. The Hall–Kier alpha value is -3.81. The fourth-order valence-electron chi connectivity index (χ4n) is 3.45. The second kappa shape index (κ2) is 7.90. The summed E-state index contributed by atoms with van der Waals surface area (Å²) < 4.78 is 3.66. The van der Waals surface area contributed by atoms with Gasteiger partial charge in [-0.3, -0.25) is 9.48 Å². The summed E-state index contributed by atoms with van der Waals surface area (Å²) in [5, 5.41) is 15.5. The predicted octanol–water partition coefficient (Wildman–Crippen LogP) is 3.88. The normalized spacial score (nSPS) is 11.1. The fourth-order valence-corrected chi connectivity index (χ4v) is 3.45. The van der Waals surface area contributed by atoms with E-state index in [-0.39, 0.29) is 11.9 Å². The van der Waals surface area contributed by atoms with Gasteiger partial charge in [0.2, 0.25) is 0 Å². The number of aromatic nitrogens is 6. The number of carbonyl (C=O) groups is 1. The number of aryl methyl sites for hydroxylation is 1. The Labute approximate surface area is 174 Å². The van der Waals surface area contributed by atoms with Gasteiger partial charge in [0.15, 0.2) is 11.5 Å². The summed E-state index contributed by atoms with van der Waals surface area (Å²) in [7, 11) is 1.84. The molecule has 0 unspecified atom stereocenters. The van der Waals surface area contributed by atoms with E-state index in [9.17, 15) is 4.79 Å². The molecule has 1 amide bonds. The molecule has 0 atom stereocenters. The van der Waals surface area contributed by atoms with Crippen molar-refractivity contribution < 1.29 is 4.79 Å². The zero-order valence-corrected chi connectivity index (χ0v) is 17.4. The smallest absolute Gasteiger partial charge is 0.277 e. The van der Waals surface area contributed by atoms with E-state index in [1.54, 1.807) is 17.1 Å². The van der Waals surface area contributed by atoms with E-state index in [2.05, 4.69) is 25.6 Å². The molecule has 4 rings (SSSR count). The van der Waals surface area contributed by atoms with Crippen LogP contribution in [-0.4, -0.2) is 35.4 Å². The van der Waals surface area contributed by atoms with Gasteiger partial charge in [0.05, 0.1) is 5.69 Å². The molecule has 0 aliphatic heterocycles. The first-order valence-electron chi connectivity index (χ1n) is 9.73. The molecule has 0 spiro atoms. The molecule has 30 heavy (non-hydrogen) atoms. The van der Waals surface area contributed by atoms with Gasteiger partial charge >= 0.3 is 0 Å². The largest absolute Gasteiger partial charge is 0.310 e. The first-order valence-corrected chi connectivity index (χ1v) is 9.73. The first kappa shape index (κ1) is 19.5. The van der Waals surface area contributed by atoms with E-state index in [0.29, 0.717) is 23.0 Å². The van der Waals surface area contributed by atoms with E-state index in [4.69, 9.17) is 0 Å². The van der Waals surface area contributed by atoms with Crippen LogP contribution < -0.4 is 5.32 Å². The van der Waals surface area contributed by atoms with Gasteiger partial charge in [-0.15, -0.1) is 10.2 Å². The molecule has 3 aromatic heterocycles. The van der Waals surface area contributed by atoms with Crippen molar-refractivity contribution >= 4 is 11.7 Å². The van der Waals surface area contributed by atoms with Crippen LogP contribution in [0.4, 0.5) is 5.82 Å². The summed E-state index contributed by atoms with van der Waals surface area (Å²) in [5.74, 6) is 0.781. The van der Waals surface area contributed by atoms with Gasteiger partial charge in [0, 0.05) is 24.2 Å². The Balaban J connectivity index is 1.62. The van der Waals surface area contributed by atoms with Crippen molar-refractivity contribution in [3.8, 4) is 22.8 Å². The van der Waals surface area contributed by atoms with Gasteiger partial charge in [0.1, 0.15) is 17.8 Å². The van der Waals surface area contributed by atoms with Gasteiger partial charge in [-0.1, -0.05) is 36.4 Å². The number of nitrogens with one attached hydrogen (secondary N) is 1. The molecule has 0 fully saturated rings. The van der Waals surface area contributed by atoms with E-state index in [1.165, 1.54) is 0 Å². The minimum atomic E-state index is -0.305. The molecule has 8 heteroatoms. The fraction of sp³-hybridized carbons (Fsp3) is 0.227. The Morgan fingerprint density at radius 3 is 2.57 bits per heavy atom. The maximum Gasteiger partial charge on any atom is 0.277 e. The van der Waals surface area contributed by atoms with Crippen LogP contribution in [0, 0.1) is 6.92 Å². The average Bonchev–Trinajstić information content (AvgIpc) is 3.34. The summed E-state index contributed by atoms with van der Waals surface area (Å²) in [5.41, 5.74) is 3.75. The summed E-state index contributed by atoms with van der Waals surface area (Å²) >= 11 is 0. The van der Waals surface area contributed by atoms with Crippen LogP contribution in [0.1, 0.15) is 35.9 Å². The van der Waals surface area contributed by atoms with Gasteiger partial charge in [-0.25, -0.2) is 4.98 Å². The SMILES string of the molecule is Cc1c(C(=O)Nc2cccc(-c3nncn3C(C)C)n2)nn(C)c1-c1ccccc1. The van der Waals surface area contributed by atoms with Crippen molar-refractivity contribution in [2.45, 2.75) is 26.8 Å². The van der Waals surface area contributed by atoms with Crippen molar-refractivity contribution in [2.75, 3.05) is 5.32 Å². The van der Waals surface area contributed by atoms with Crippen LogP contribution in [0.15, 0.2) is 54.9 Å². The van der Waals surface area contributed by atoms with Crippen LogP contribution in [0.25, 0.3) is 22.8 Å². The second-order valence-electron chi connectivity index (χ2n) is 7.33. The maximum absolute atomic E-state index is 12.9. The minimum absolute atomic E-state index is 0.197. The summed E-state index contributed by atoms with van der Waals surface area (Å²) in [6, 6.07) is 15.5. The number of benzene rings is 1. The molecule has 0 radical (unpaired) electrons. The first-order chi connectivity index (χ1) is 14.5. The number of carbonyl (C=O) groups excluding carboxylic acids is 1. The highest BCUT2D eigenvalue weighted by atomic mass is 16.2. The summed E-state index contributed by atoms with van der Waals surface area (Å²) in [6.45, 7) is 6.00. The Bertz CT molecular complexity index is 1190. The lowest BCUT2D eigenvalue weighted by Gasteiger charge is -2.10. The third kappa shape index (κ3) is 3.59. The molecule has 0 bridgehead atoms. The third-order valence-electron chi connectivity index (χ3n) is 4.90. The molecular weight excluding hydrogens is 378 g/mol. The molecule has 8 nitrogen and oxygen atoms in total. The molecule has 1 N–H and O–H groups in total. The van der Waals surface area contributed by atoms with E-state index in [0.717, 1.165) is 16.8 Å². The quantitative estimate of drug-likeness (QED) is 0.548. The topological polar surface area (TPSA) is 90.5 Å². The van der Waals surface area contributed by atoms with Gasteiger partial charge in [-0.2, -0.15) is 5.10 Å². The molecule has 4 aromatic rings. The maximum atomic E-state index is 12.9. The van der Waals surface area contributed by atoms with Crippen molar-refractivity contribution in [3.05, 3.63) is 66.1 Å². The van der Waals surface area contributed by atoms with E-state index < -0.39 is 0 Å². The number of amides is 1. The lowest BCUT2D eigenvalue weighted by molar-refractivity contribution is 0.102. The van der Waals surface area contributed by atoms with E-state index >= 15 is 0 Å².